The Kier molecular flexibility index (Phi) is 5.99. The van der Waals surface area contributed by atoms with Crippen LogP contribution in [0.1, 0.15) is 35.1 Å². The summed E-state index contributed by atoms with van der Waals surface area (Å²) in [5.74, 6) is 0. The highest BCUT2D eigenvalue weighted by Gasteiger charge is 2.20. The highest BCUT2D eigenvalue weighted by molar-refractivity contribution is 5.89. The molecule has 2 aromatic carbocycles. The van der Waals surface area contributed by atoms with Crippen LogP contribution in [-0.2, 0) is 6.42 Å². The number of hydrogen-bond acceptors (Lipinski definition) is 4. The van der Waals surface area contributed by atoms with E-state index in [1.54, 1.807) is 0 Å². The number of likely N-dealkylation sites (N-methyl/N-ethyl adjacent to an activating group) is 1. The fourth-order valence-electron chi connectivity index (χ4n) is 4.33. The maximum atomic E-state index is 9.14. The van der Waals surface area contributed by atoms with Gasteiger partial charge in [-0.25, -0.2) is 0 Å². The number of rotatable bonds is 6. The van der Waals surface area contributed by atoms with Gasteiger partial charge in [-0.3, -0.25) is 0 Å². The Morgan fingerprint density at radius 3 is 2.72 bits per heavy atom. The van der Waals surface area contributed by atoms with Gasteiger partial charge in [0.2, 0.25) is 0 Å². The van der Waals surface area contributed by atoms with E-state index in [4.69, 9.17) is 5.26 Å². The number of hydrogen-bond donors (Lipinski definition) is 1. The molecular weight excluding hydrogens is 356 g/mol. The van der Waals surface area contributed by atoms with E-state index in [1.807, 2.05) is 12.1 Å². The monoisotopic (exact) mass is 386 g/mol. The molecule has 0 saturated carbocycles. The smallest absolute Gasteiger partial charge is 0.0991 e. The SMILES string of the molecule is CN(C)CCNC1CCN(c2cccc(C3=Cc4cc(C#N)ccc4C3)c2)CC1. The lowest BCUT2D eigenvalue weighted by Gasteiger charge is -2.34. The molecule has 0 amide bonds. The van der Waals surface area contributed by atoms with Crippen molar-refractivity contribution in [3.05, 3.63) is 64.7 Å². The van der Waals surface area contributed by atoms with Gasteiger partial charge in [0.1, 0.15) is 0 Å². The number of allylic oxidation sites excluding steroid dienone is 1. The van der Waals surface area contributed by atoms with E-state index in [-0.39, 0.29) is 0 Å². The van der Waals surface area contributed by atoms with Crippen LogP contribution in [0.4, 0.5) is 5.69 Å². The van der Waals surface area contributed by atoms with Crippen LogP contribution in [0.3, 0.4) is 0 Å². The fourth-order valence-corrected chi connectivity index (χ4v) is 4.33. The molecule has 1 aliphatic heterocycles. The number of piperidine rings is 1. The lowest BCUT2D eigenvalue weighted by atomic mass is 10.0. The minimum Gasteiger partial charge on any atom is -0.371 e. The maximum Gasteiger partial charge on any atom is 0.0991 e. The van der Waals surface area contributed by atoms with Gasteiger partial charge in [-0.05, 0) is 79.9 Å². The van der Waals surface area contributed by atoms with Gasteiger partial charge in [0.05, 0.1) is 11.6 Å². The molecule has 1 aliphatic carbocycles. The first-order valence-corrected chi connectivity index (χ1v) is 10.6. The van der Waals surface area contributed by atoms with Crippen LogP contribution in [-0.4, -0.2) is 51.2 Å². The molecule has 2 aliphatic rings. The van der Waals surface area contributed by atoms with Crippen molar-refractivity contribution in [3.63, 3.8) is 0 Å². The Balaban J connectivity index is 1.40. The largest absolute Gasteiger partial charge is 0.371 e. The number of benzene rings is 2. The fraction of sp³-hybridized carbons (Fsp3) is 0.400. The molecule has 4 heteroatoms. The Morgan fingerprint density at radius 1 is 1.14 bits per heavy atom. The second kappa shape index (κ2) is 8.82. The zero-order valence-electron chi connectivity index (χ0n) is 17.5. The Bertz CT molecular complexity index is 930. The highest BCUT2D eigenvalue weighted by Crippen LogP contribution is 2.34. The molecule has 0 radical (unpaired) electrons. The van der Waals surface area contributed by atoms with Crippen LogP contribution in [0.2, 0.25) is 0 Å². The average Bonchev–Trinajstić information content (AvgIpc) is 3.17. The Morgan fingerprint density at radius 2 is 1.97 bits per heavy atom. The number of nitrogens with zero attached hydrogens (tertiary/aromatic N) is 3. The lowest BCUT2D eigenvalue weighted by Crippen LogP contribution is -2.44. The van der Waals surface area contributed by atoms with Gasteiger partial charge in [0.15, 0.2) is 0 Å². The van der Waals surface area contributed by atoms with E-state index in [0.29, 0.717) is 6.04 Å². The number of anilines is 1. The molecule has 2 aromatic rings. The molecule has 1 fully saturated rings. The summed E-state index contributed by atoms with van der Waals surface area (Å²) in [5, 5.41) is 12.8. The van der Waals surface area contributed by atoms with Gasteiger partial charge >= 0.3 is 0 Å². The molecule has 0 unspecified atom stereocenters. The molecule has 1 N–H and O–H groups in total. The topological polar surface area (TPSA) is 42.3 Å². The summed E-state index contributed by atoms with van der Waals surface area (Å²) in [6.45, 7) is 4.37. The van der Waals surface area contributed by atoms with Gasteiger partial charge in [0, 0.05) is 37.9 Å². The van der Waals surface area contributed by atoms with Crippen LogP contribution < -0.4 is 10.2 Å². The normalized spacial score (nSPS) is 16.6. The third-order valence-corrected chi connectivity index (χ3v) is 6.05. The Labute approximate surface area is 174 Å². The average molecular weight is 387 g/mol. The summed E-state index contributed by atoms with van der Waals surface area (Å²) in [6, 6.07) is 17.8. The standard InChI is InChI=1S/C25H30N4/c1-28(2)13-10-27-24-8-11-29(12-9-24)25-5-3-4-20(17-25)23-15-21-7-6-19(18-26)14-22(21)16-23/h3-7,14,16-17,24,27H,8-13,15H2,1-2H3. The van der Waals surface area contributed by atoms with E-state index >= 15 is 0 Å². The second-order valence-electron chi connectivity index (χ2n) is 8.44. The zero-order chi connectivity index (χ0) is 20.2. The maximum absolute atomic E-state index is 9.14. The Hall–Kier alpha value is -2.61. The molecular formula is C25H30N4. The summed E-state index contributed by atoms with van der Waals surface area (Å²) in [4.78, 5) is 4.74. The van der Waals surface area contributed by atoms with Crippen LogP contribution in [0.25, 0.3) is 11.6 Å². The van der Waals surface area contributed by atoms with Gasteiger partial charge in [-0.1, -0.05) is 24.3 Å². The molecule has 1 saturated heterocycles. The van der Waals surface area contributed by atoms with Crippen LogP contribution >= 0.6 is 0 Å². The molecule has 0 atom stereocenters. The first kappa shape index (κ1) is 19.7. The lowest BCUT2D eigenvalue weighted by molar-refractivity contribution is 0.359. The molecule has 1 heterocycles. The van der Waals surface area contributed by atoms with Crippen molar-refractivity contribution in [3.8, 4) is 6.07 Å². The van der Waals surface area contributed by atoms with Crippen molar-refractivity contribution in [1.82, 2.24) is 10.2 Å². The molecule has 0 aromatic heterocycles. The van der Waals surface area contributed by atoms with Gasteiger partial charge in [-0.15, -0.1) is 0 Å². The summed E-state index contributed by atoms with van der Waals surface area (Å²) >= 11 is 0. The minimum absolute atomic E-state index is 0.635. The van der Waals surface area contributed by atoms with Crippen LogP contribution in [0.15, 0.2) is 42.5 Å². The van der Waals surface area contributed by atoms with Gasteiger partial charge in [-0.2, -0.15) is 5.26 Å². The molecule has 0 bridgehead atoms. The highest BCUT2D eigenvalue weighted by atomic mass is 15.2. The van der Waals surface area contributed by atoms with E-state index in [2.05, 4.69) is 71.7 Å². The molecule has 4 rings (SSSR count). The van der Waals surface area contributed by atoms with Crippen molar-refractivity contribution in [1.29, 1.82) is 5.26 Å². The number of nitriles is 1. The summed E-state index contributed by atoms with van der Waals surface area (Å²) in [7, 11) is 4.25. The summed E-state index contributed by atoms with van der Waals surface area (Å²) in [6.07, 6.45) is 5.59. The number of nitrogens with one attached hydrogen (secondary N) is 1. The predicted molar refractivity (Wildman–Crippen MR) is 121 cm³/mol. The van der Waals surface area contributed by atoms with E-state index in [9.17, 15) is 0 Å². The van der Waals surface area contributed by atoms with E-state index in [0.717, 1.165) is 38.2 Å². The predicted octanol–water partition coefficient (Wildman–Crippen LogP) is 3.77. The van der Waals surface area contributed by atoms with Crippen LogP contribution in [0.5, 0.6) is 0 Å². The molecule has 4 nitrogen and oxygen atoms in total. The molecule has 0 spiro atoms. The van der Waals surface area contributed by atoms with Crippen molar-refractivity contribution in [2.45, 2.75) is 25.3 Å². The third kappa shape index (κ3) is 4.70. The van der Waals surface area contributed by atoms with Gasteiger partial charge < -0.3 is 15.1 Å². The first-order chi connectivity index (χ1) is 14.1. The van der Waals surface area contributed by atoms with E-state index < -0.39 is 0 Å². The second-order valence-corrected chi connectivity index (χ2v) is 8.44. The van der Waals surface area contributed by atoms with Crippen molar-refractivity contribution in [2.24, 2.45) is 0 Å². The zero-order valence-corrected chi connectivity index (χ0v) is 17.5. The van der Waals surface area contributed by atoms with Crippen LogP contribution in [0, 0.1) is 11.3 Å². The van der Waals surface area contributed by atoms with Crippen molar-refractivity contribution in [2.75, 3.05) is 45.2 Å². The van der Waals surface area contributed by atoms with Crippen molar-refractivity contribution < 1.29 is 0 Å². The quantitative estimate of drug-likeness (QED) is 0.821. The summed E-state index contributed by atoms with van der Waals surface area (Å²) < 4.78 is 0. The summed E-state index contributed by atoms with van der Waals surface area (Å²) in [5.41, 5.74) is 7.20. The third-order valence-electron chi connectivity index (χ3n) is 6.05. The molecule has 150 valence electrons. The minimum atomic E-state index is 0.635. The van der Waals surface area contributed by atoms with Gasteiger partial charge in [0.25, 0.3) is 0 Å². The first-order valence-electron chi connectivity index (χ1n) is 10.6. The molecule has 29 heavy (non-hydrogen) atoms. The number of fused-ring (bicyclic) bond motifs is 1. The van der Waals surface area contributed by atoms with E-state index in [1.165, 1.54) is 40.8 Å². The van der Waals surface area contributed by atoms with Crippen molar-refractivity contribution >= 4 is 17.3 Å².